The van der Waals surface area contributed by atoms with Gasteiger partial charge in [-0.3, -0.25) is 0 Å². The van der Waals surface area contributed by atoms with E-state index in [9.17, 15) is 0 Å². The lowest BCUT2D eigenvalue weighted by Gasteiger charge is -2.44. The van der Waals surface area contributed by atoms with Crippen molar-refractivity contribution in [3.8, 4) is 0 Å². The maximum absolute atomic E-state index is 6.83. The summed E-state index contributed by atoms with van der Waals surface area (Å²) < 4.78 is 18.6. The Kier molecular flexibility index (Phi) is 4.45. The average Bonchev–Trinajstić information content (AvgIpc) is 2.21. The summed E-state index contributed by atoms with van der Waals surface area (Å²) in [6.45, 7) is 8.76. The lowest BCUT2D eigenvalue weighted by Crippen LogP contribution is -2.51. The molecule has 0 aliphatic carbocycles. The van der Waals surface area contributed by atoms with Crippen molar-refractivity contribution in [2.45, 2.75) is 45.9 Å². The van der Waals surface area contributed by atoms with Crippen LogP contribution in [0.15, 0.2) is 0 Å². The highest BCUT2D eigenvalue weighted by Gasteiger charge is 2.40. The smallest absolute Gasteiger partial charge is 0.312 e. The van der Waals surface area contributed by atoms with Gasteiger partial charge in [-0.1, -0.05) is 20.7 Å². The number of aliphatic hydroxyl groups is 1. The van der Waals surface area contributed by atoms with Crippen molar-refractivity contribution in [3.63, 3.8) is 0 Å². The first-order chi connectivity index (χ1) is 7.47. The number of aliphatic hydroxyl groups excluding tert-OH is 1. The summed E-state index contributed by atoms with van der Waals surface area (Å²) >= 11 is 0. The van der Waals surface area contributed by atoms with E-state index in [0.717, 1.165) is 0 Å². The number of rotatable bonds is 4. The molecule has 1 rings (SSSR count). The first-order valence-electron chi connectivity index (χ1n) is 6.02. The largest absolute Gasteiger partial charge is 0.428 e. The fourth-order valence-electron chi connectivity index (χ4n) is 2.17. The molecule has 1 heterocycles. The van der Waals surface area contributed by atoms with E-state index in [2.05, 4.69) is 35.0 Å². The van der Waals surface area contributed by atoms with Gasteiger partial charge in [0.1, 0.15) is 0 Å². The Morgan fingerprint density at radius 1 is 1.47 bits per heavy atom. The van der Waals surface area contributed by atoms with Gasteiger partial charge in [0.15, 0.2) is 0 Å². The second kappa shape index (κ2) is 5.63. The molecule has 1 saturated heterocycles. The lowest BCUT2D eigenvalue weighted by molar-refractivity contribution is -0.161. The molecule has 0 aromatic rings. The fraction of sp³-hybridized carbons (Fsp3) is 1.00. The van der Waals surface area contributed by atoms with E-state index >= 15 is 0 Å². The highest BCUT2D eigenvalue weighted by atomic mass is 31.0. The normalized spacial score (nSPS) is 42.5. The van der Waals surface area contributed by atoms with E-state index in [0.29, 0.717) is 12.5 Å². The molecule has 0 radical (unpaired) electrons. The third kappa shape index (κ3) is 3.16. The summed E-state index contributed by atoms with van der Waals surface area (Å²) in [5, 5.41) is 4.45. The van der Waals surface area contributed by atoms with Gasteiger partial charge in [0.25, 0.3) is 0 Å². The molecule has 0 amide bonds. The van der Waals surface area contributed by atoms with Gasteiger partial charge in [-0.25, -0.2) is 0 Å². The van der Waals surface area contributed by atoms with Gasteiger partial charge in [0, 0.05) is 11.8 Å². The Labute approximate surface area is 96.7 Å². The fourth-order valence-corrected chi connectivity index (χ4v) is 2.35. The second-order valence-corrected chi connectivity index (χ2v) is 5.51. The molecule has 0 aromatic carbocycles. The zero-order valence-corrected chi connectivity index (χ0v) is 11.1. The molecule has 0 spiro atoms. The summed E-state index contributed by atoms with van der Waals surface area (Å²) in [5.74, 6) is 0.611. The van der Waals surface area contributed by atoms with Crippen molar-refractivity contribution in [1.82, 2.24) is 0 Å². The summed E-state index contributed by atoms with van der Waals surface area (Å²) in [7, 11) is 2.66. The van der Waals surface area contributed by atoms with Crippen LogP contribution in [0, 0.1) is 11.8 Å². The van der Waals surface area contributed by atoms with E-state index in [1.165, 1.54) is 0 Å². The molecule has 5 heteroatoms. The molecular formula is C10H22BO3P. The Morgan fingerprint density at radius 2 is 2.13 bits per heavy atom. The molecule has 1 N–H and O–H groups in total. The topological polar surface area (TPSA) is 38.7 Å². The van der Waals surface area contributed by atoms with E-state index in [-0.39, 0.29) is 30.9 Å². The minimum absolute atomic E-state index is 0.0440. The summed E-state index contributed by atoms with van der Waals surface area (Å²) in [6.07, 6.45) is 0.263. The Bertz CT molecular complexity index is 220. The summed E-state index contributed by atoms with van der Waals surface area (Å²) in [4.78, 5) is 0. The first-order valence-corrected chi connectivity index (χ1v) is 6.28. The van der Waals surface area contributed by atoms with Crippen LogP contribution < -0.4 is 0 Å². The van der Waals surface area contributed by atoms with Crippen molar-refractivity contribution in [1.29, 1.82) is 1.43 Å². The third-order valence-electron chi connectivity index (χ3n) is 3.29. The minimum Gasteiger partial charge on any atom is -0.428 e. The number of hydrogen-bond donors (Lipinski definition) is 1. The van der Waals surface area contributed by atoms with Crippen molar-refractivity contribution in [3.05, 3.63) is 0 Å². The standard InChI is InChI=1S/C10H22BO3P/c1-6-8(3)13-9(5-12)7(2)10(6)14-11(4)15/h6-10,12H,5,15H2,1-4H3/i12T. The van der Waals surface area contributed by atoms with Gasteiger partial charge >= 0.3 is 6.64 Å². The molecule has 6 unspecified atom stereocenters. The molecule has 0 aromatic heterocycles. The predicted molar refractivity (Wildman–Crippen MR) is 65.9 cm³/mol. The van der Waals surface area contributed by atoms with Crippen LogP contribution in [0.4, 0.5) is 0 Å². The molecule has 1 fully saturated rings. The van der Waals surface area contributed by atoms with Gasteiger partial charge < -0.3 is 14.5 Å². The van der Waals surface area contributed by atoms with Crippen LogP contribution in [0.25, 0.3) is 0 Å². The molecule has 1 aliphatic heterocycles. The van der Waals surface area contributed by atoms with Crippen molar-refractivity contribution < 1.29 is 14.5 Å². The van der Waals surface area contributed by atoms with Crippen LogP contribution in [0.5, 0.6) is 0 Å². The molecule has 88 valence electrons. The maximum atomic E-state index is 6.83. The van der Waals surface area contributed by atoms with E-state index < -0.39 is 0 Å². The average molecular weight is 234 g/mol. The van der Waals surface area contributed by atoms with Gasteiger partial charge in [-0.05, 0) is 6.92 Å². The van der Waals surface area contributed by atoms with Crippen LogP contribution in [-0.4, -0.2) is 38.1 Å². The quantitative estimate of drug-likeness (QED) is 0.590. The zero-order chi connectivity index (χ0) is 12.3. The van der Waals surface area contributed by atoms with Crippen molar-refractivity contribution in [2.75, 3.05) is 6.61 Å². The molecule has 3 nitrogen and oxygen atoms in total. The van der Waals surface area contributed by atoms with Crippen LogP contribution >= 0.6 is 9.12 Å². The highest BCUT2D eigenvalue weighted by molar-refractivity contribution is 7.60. The molecule has 6 atom stereocenters. The van der Waals surface area contributed by atoms with Gasteiger partial charge in [-0.2, -0.15) is 0 Å². The zero-order valence-electron chi connectivity index (χ0n) is 11.0. The SMILES string of the molecule is [3H]OCC1OC(C)C(C)C(OB(C)P)C1C. The summed E-state index contributed by atoms with van der Waals surface area (Å²) in [6, 6.07) is 0. The van der Waals surface area contributed by atoms with Crippen molar-refractivity contribution >= 4 is 15.8 Å². The number of hydrogen-bond acceptors (Lipinski definition) is 3. The monoisotopic (exact) mass is 234 g/mol. The van der Waals surface area contributed by atoms with Crippen LogP contribution in [-0.2, 0) is 9.39 Å². The van der Waals surface area contributed by atoms with Gasteiger partial charge in [0.05, 0.1) is 24.9 Å². The maximum Gasteiger partial charge on any atom is 0.312 e. The van der Waals surface area contributed by atoms with Gasteiger partial charge in [0.2, 0.25) is 1.43 Å². The molecule has 1 aliphatic rings. The minimum atomic E-state index is -0.0440. The highest BCUT2D eigenvalue weighted by Crippen LogP contribution is 2.32. The van der Waals surface area contributed by atoms with Crippen molar-refractivity contribution in [2.24, 2.45) is 11.8 Å². The molecule has 0 bridgehead atoms. The predicted octanol–water partition coefficient (Wildman–Crippen LogP) is 1.42. The Hall–Kier alpha value is 0.375. The van der Waals surface area contributed by atoms with E-state index in [1.54, 1.807) is 0 Å². The van der Waals surface area contributed by atoms with Crippen LogP contribution in [0.2, 0.25) is 6.82 Å². The Balaban J connectivity index is 2.69. The molecule has 0 saturated carbocycles. The molecular weight excluding hydrogens is 210 g/mol. The van der Waals surface area contributed by atoms with Gasteiger partial charge in [-0.15, -0.1) is 9.12 Å². The van der Waals surface area contributed by atoms with E-state index in [1.807, 2.05) is 6.82 Å². The number of ether oxygens (including phenoxy) is 1. The third-order valence-corrected chi connectivity index (χ3v) is 3.45. The Morgan fingerprint density at radius 3 is 2.67 bits per heavy atom. The summed E-state index contributed by atoms with van der Waals surface area (Å²) in [5.41, 5.74) is 0. The van der Waals surface area contributed by atoms with Crippen LogP contribution in [0.3, 0.4) is 0 Å². The van der Waals surface area contributed by atoms with Crippen LogP contribution in [0.1, 0.15) is 20.8 Å². The first kappa shape index (κ1) is 11.8. The second-order valence-electron chi connectivity index (χ2n) is 4.57. The van der Waals surface area contributed by atoms with E-state index in [4.69, 9.17) is 10.8 Å². The lowest BCUT2D eigenvalue weighted by atomic mass is 9.82. The molecule has 15 heavy (non-hydrogen) atoms.